The van der Waals surface area contributed by atoms with Gasteiger partial charge in [-0.15, -0.1) is 0 Å². The molecule has 0 heterocycles. The lowest BCUT2D eigenvalue weighted by atomic mass is 9.89. The van der Waals surface area contributed by atoms with Crippen LogP contribution in [0.2, 0.25) is 0 Å². The van der Waals surface area contributed by atoms with Gasteiger partial charge in [0.25, 0.3) is 0 Å². The second-order valence-electron chi connectivity index (χ2n) is 9.96. The zero-order chi connectivity index (χ0) is 26.8. The third-order valence-corrected chi connectivity index (χ3v) is 5.85. The first-order chi connectivity index (χ1) is 17.0. The minimum Gasteiger partial charge on any atom is -0.462 e. The summed E-state index contributed by atoms with van der Waals surface area (Å²) in [6.07, 6.45) is 4.32. The van der Waals surface area contributed by atoms with Gasteiger partial charge in [0.05, 0.1) is 17.8 Å². The highest BCUT2D eigenvalue weighted by atomic mass is 16.6. The van der Waals surface area contributed by atoms with Gasteiger partial charge in [-0.05, 0) is 43.9 Å². The molecule has 2 rings (SSSR count). The average Bonchev–Trinajstić information content (AvgIpc) is 2.84. The van der Waals surface area contributed by atoms with Gasteiger partial charge in [0.1, 0.15) is 18.8 Å². The summed E-state index contributed by atoms with van der Waals surface area (Å²) in [6.45, 7) is 8.37. The fourth-order valence-electron chi connectivity index (χ4n) is 3.61. The summed E-state index contributed by atoms with van der Waals surface area (Å²) in [5.41, 5.74) is 6.64. The van der Waals surface area contributed by atoms with Crippen LogP contribution in [0.1, 0.15) is 72.3 Å². The van der Waals surface area contributed by atoms with Crippen molar-refractivity contribution in [2.75, 3.05) is 6.61 Å². The van der Waals surface area contributed by atoms with Crippen molar-refractivity contribution in [2.24, 2.45) is 23.5 Å². The summed E-state index contributed by atoms with van der Waals surface area (Å²) in [5.74, 6) is -2.52. The van der Waals surface area contributed by atoms with Crippen molar-refractivity contribution in [3.63, 3.8) is 0 Å². The van der Waals surface area contributed by atoms with E-state index in [1.54, 1.807) is 40.7 Å². The molecule has 0 aromatic heterocycles. The Morgan fingerprint density at radius 1 is 0.861 bits per heavy atom. The van der Waals surface area contributed by atoms with Crippen LogP contribution in [0.15, 0.2) is 18.2 Å². The average molecular weight is 506 g/mol. The van der Waals surface area contributed by atoms with E-state index in [0.29, 0.717) is 5.56 Å². The second-order valence-corrected chi connectivity index (χ2v) is 9.96. The molecule has 0 bridgehead atoms. The molecule has 0 unspecified atom stereocenters. The van der Waals surface area contributed by atoms with Crippen LogP contribution in [0.5, 0.6) is 11.5 Å². The topological polar surface area (TPSA) is 131 Å². The third kappa shape index (κ3) is 9.26. The number of carbonyl (C=O) groups is 4. The molecule has 200 valence electrons. The number of ether oxygens (including phenoxy) is 4. The standard InChI is InChI=1S/C27H39NO8/c1-16(2)24(29)35-22-12-11-19(14-23(22)36-25(30)17(3)4)13-21(28)27(32)34-18(5)15-33-26(31)20-9-7-6-8-10-20/h11-12,14,16-18,20-21H,6-10,13,15,28H2,1-5H3/t18-,21-/m0/s1. The molecule has 9 heteroatoms. The SMILES string of the molecule is CC(C)C(=O)Oc1ccc(C[C@H](N)C(=O)O[C@@H](C)COC(=O)C2CCCCC2)cc1OC(=O)C(C)C. The van der Waals surface area contributed by atoms with Crippen molar-refractivity contribution in [2.45, 2.75) is 85.3 Å². The predicted octanol–water partition coefficient (Wildman–Crippen LogP) is 3.73. The molecule has 0 amide bonds. The van der Waals surface area contributed by atoms with Gasteiger partial charge in [-0.1, -0.05) is 53.0 Å². The Hall–Kier alpha value is -2.94. The number of carbonyl (C=O) groups excluding carboxylic acids is 4. The first kappa shape index (κ1) is 29.3. The number of hydrogen-bond acceptors (Lipinski definition) is 9. The smallest absolute Gasteiger partial charge is 0.323 e. The zero-order valence-corrected chi connectivity index (χ0v) is 21.9. The normalized spacial score (nSPS) is 15.8. The summed E-state index contributed by atoms with van der Waals surface area (Å²) < 4.78 is 21.5. The van der Waals surface area contributed by atoms with Crippen molar-refractivity contribution in [1.29, 1.82) is 0 Å². The molecule has 1 aliphatic rings. The molecule has 0 spiro atoms. The first-order valence-electron chi connectivity index (χ1n) is 12.7. The lowest BCUT2D eigenvalue weighted by molar-refractivity contribution is -0.161. The van der Waals surface area contributed by atoms with Crippen LogP contribution in [0, 0.1) is 17.8 Å². The minimum absolute atomic E-state index is 0.0288. The maximum Gasteiger partial charge on any atom is 0.323 e. The molecule has 0 aliphatic heterocycles. The number of benzene rings is 1. The minimum atomic E-state index is -1.00. The van der Waals surface area contributed by atoms with E-state index in [9.17, 15) is 19.2 Å². The van der Waals surface area contributed by atoms with E-state index in [0.717, 1.165) is 32.1 Å². The summed E-state index contributed by atoms with van der Waals surface area (Å²) in [7, 11) is 0. The number of rotatable bonds is 11. The van der Waals surface area contributed by atoms with Gasteiger partial charge in [0.2, 0.25) is 0 Å². The summed E-state index contributed by atoms with van der Waals surface area (Å²) in [5, 5.41) is 0. The van der Waals surface area contributed by atoms with Gasteiger partial charge in [-0.3, -0.25) is 19.2 Å². The molecule has 1 fully saturated rings. The highest BCUT2D eigenvalue weighted by Crippen LogP contribution is 2.30. The van der Waals surface area contributed by atoms with Gasteiger partial charge in [-0.25, -0.2) is 0 Å². The molecule has 1 saturated carbocycles. The Balaban J connectivity index is 1.97. The number of esters is 4. The highest BCUT2D eigenvalue weighted by Gasteiger charge is 2.25. The van der Waals surface area contributed by atoms with Crippen LogP contribution in [-0.4, -0.2) is 42.6 Å². The second kappa shape index (κ2) is 14.0. The number of hydrogen-bond donors (Lipinski definition) is 1. The lowest BCUT2D eigenvalue weighted by Gasteiger charge is -2.22. The number of nitrogens with two attached hydrogens (primary N) is 1. The Kier molecular flexibility index (Phi) is 11.4. The van der Waals surface area contributed by atoms with Crippen LogP contribution in [0.3, 0.4) is 0 Å². The van der Waals surface area contributed by atoms with E-state index in [4.69, 9.17) is 24.7 Å². The fraction of sp³-hybridized carbons (Fsp3) is 0.630. The zero-order valence-electron chi connectivity index (χ0n) is 21.9. The predicted molar refractivity (Wildman–Crippen MR) is 132 cm³/mol. The molecular weight excluding hydrogens is 466 g/mol. The van der Waals surface area contributed by atoms with Crippen LogP contribution in [-0.2, 0) is 35.1 Å². The molecule has 1 aromatic carbocycles. The van der Waals surface area contributed by atoms with E-state index in [1.165, 1.54) is 12.1 Å². The highest BCUT2D eigenvalue weighted by molar-refractivity contribution is 5.78. The van der Waals surface area contributed by atoms with Crippen LogP contribution in [0.4, 0.5) is 0 Å². The van der Waals surface area contributed by atoms with E-state index < -0.39 is 36.0 Å². The Morgan fingerprint density at radius 2 is 1.44 bits per heavy atom. The summed E-state index contributed by atoms with van der Waals surface area (Å²) in [4.78, 5) is 48.9. The van der Waals surface area contributed by atoms with Crippen molar-refractivity contribution >= 4 is 23.9 Å². The van der Waals surface area contributed by atoms with Gasteiger partial charge < -0.3 is 24.7 Å². The maximum absolute atomic E-state index is 12.5. The maximum atomic E-state index is 12.5. The molecular formula is C27H39NO8. The van der Waals surface area contributed by atoms with E-state index >= 15 is 0 Å². The van der Waals surface area contributed by atoms with Crippen molar-refractivity contribution < 1.29 is 38.1 Å². The lowest BCUT2D eigenvalue weighted by Crippen LogP contribution is -2.37. The van der Waals surface area contributed by atoms with E-state index in [1.807, 2.05) is 0 Å². The van der Waals surface area contributed by atoms with E-state index in [2.05, 4.69) is 0 Å². The molecule has 2 N–H and O–H groups in total. The molecule has 36 heavy (non-hydrogen) atoms. The fourth-order valence-corrected chi connectivity index (χ4v) is 3.61. The third-order valence-electron chi connectivity index (χ3n) is 5.85. The molecule has 1 aliphatic carbocycles. The summed E-state index contributed by atoms with van der Waals surface area (Å²) >= 11 is 0. The first-order valence-corrected chi connectivity index (χ1v) is 12.7. The van der Waals surface area contributed by atoms with Crippen molar-refractivity contribution in [3.05, 3.63) is 23.8 Å². The summed E-state index contributed by atoms with van der Waals surface area (Å²) in [6, 6.07) is 3.66. The van der Waals surface area contributed by atoms with Gasteiger partial charge in [0, 0.05) is 0 Å². The Labute approximate surface area is 213 Å². The van der Waals surface area contributed by atoms with Crippen molar-refractivity contribution in [1.82, 2.24) is 0 Å². The van der Waals surface area contributed by atoms with Gasteiger partial charge in [0.15, 0.2) is 11.5 Å². The van der Waals surface area contributed by atoms with Crippen LogP contribution >= 0.6 is 0 Å². The monoisotopic (exact) mass is 505 g/mol. The molecule has 0 saturated heterocycles. The Morgan fingerprint density at radius 3 is 2.03 bits per heavy atom. The quantitative estimate of drug-likeness (QED) is 0.353. The molecule has 1 aromatic rings. The largest absolute Gasteiger partial charge is 0.462 e. The molecule has 0 radical (unpaired) electrons. The van der Waals surface area contributed by atoms with Crippen LogP contribution < -0.4 is 15.2 Å². The van der Waals surface area contributed by atoms with Gasteiger partial charge in [-0.2, -0.15) is 0 Å². The van der Waals surface area contributed by atoms with E-state index in [-0.39, 0.29) is 42.3 Å². The van der Waals surface area contributed by atoms with Gasteiger partial charge >= 0.3 is 23.9 Å². The molecule has 9 nitrogen and oxygen atoms in total. The van der Waals surface area contributed by atoms with Crippen molar-refractivity contribution in [3.8, 4) is 11.5 Å². The Bertz CT molecular complexity index is 920. The molecule has 2 atom stereocenters. The van der Waals surface area contributed by atoms with Crippen LogP contribution in [0.25, 0.3) is 0 Å².